The highest BCUT2D eigenvalue weighted by atomic mass is 35.5. The average molecular weight is 444 g/mol. The van der Waals surface area contributed by atoms with E-state index in [9.17, 15) is 4.79 Å². The first-order chi connectivity index (χ1) is 15.0. The highest BCUT2D eigenvalue weighted by molar-refractivity contribution is 6.30. The third-order valence-corrected chi connectivity index (χ3v) is 6.00. The normalized spacial score (nSPS) is 18.8. The van der Waals surface area contributed by atoms with Gasteiger partial charge in [-0.25, -0.2) is 0 Å². The van der Waals surface area contributed by atoms with E-state index in [1.807, 2.05) is 49.1 Å². The molecule has 0 spiro atoms. The van der Waals surface area contributed by atoms with Crippen molar-refractivity contribution in [2.24, 2.45) is 5.92 Å². The Hall–Kier alpha value is -2.24. The smallest absolute Gasteiger partial charge is 0.225 e. The van der Waals surface area contributed by atoms with E-state index < -0.39 is 0 Å². The van der Waals surface area contributed by atoms with Gasteiger partial charge in [-0.1, -0.05) is 37.6 Å². The molecule has 2 aromatic rings. The molecule has 1 amide bonds. The number of carbonyl (C=O) groups excluding carboxylic acids is 1. The average Bonchev–Trinajstić information content (AvgIpc) is 3.00. The van der Waals surface area contributed by atoms with E-state index in [1.54, 1.807) is 0 Å². The fourth-order valence-corrected chi connectivity index (χ4v) is 4.29. The van der Waals surface area contributed by atoms with Gasteiger partial charge in [0.05, 0.1) is 12.6 Å². The molecule has 166 valence electrons. The highest BCUT2D eigenvalue weighted by Crippen LogP contribution is 2.39. The van der Waals surface area contributed by atoms with Crippen molar-refractivity contribution in [3.05, 3.63) is 47.0 Å². The Kier molecular flexibility index (Phi) is 7.03. The molecule has 0 aromatic heterocycles. The maximum atomic E-state index is 12.7. The minimum atomic E-state index is -0.0585. The van der Waals surface area contributed by atoms with E-state index >= 15 is 0 Å². The molecule has 0 N–H and O–H groups in total. The number of nitrogens with zero attached hydrogens (tertiary/aromatic N) is 1. The zero-order valence-corrected chi connectivity index (χ0v) is 19.0. The van der Waals surface area contributed by atoms with E-state index in [0.717, 1.165) is 48.3 Å². The predicted molar refractivity (Wildman–Crippen MR) is 122 cm³/mol. The molecule has 0 bridgehead atoms. The summed E-state index contributed by atoms with van der Waals surface area (Å²) in [6.45, 7) is 6.63. The first-order valence-corrected chi connectivity index (χ1v) is 11.5. The topological polar surface area (TPSA) is 48.0 Å². The number of rotatable bonds is 5. The molecule has 6 heteroatoms. The highest BCUT2D eigenvalue weighted by Gasteiger charge is 2.25. The standard InChI is InChI=1S/C25H30ClNO4/c1-17(2)25(28)27-9-11-30-24-20(15-27)12-19(18-6-5-7-21(26)13-18)14-23(24)31-16-22-8-3-4-10-29-22/h5-7,12-14,17,22H,3-4,8-11,15-16H2,1-2H3/t22-/m1/s1. The van der Waals surface area contributed by atoms with Crippen LogP contribution >= 0.6 is 11.6 Å². The Morgan fingerprint density at radius 3 is 2.81 bits per heavy atom. The largest absolute Gasteiger partial charge is 0.487 e. The van der Waals surface area contributed by atoms with Crippen molar-refractivity contribution in [3.8, 4) is 22.6 Å². The van der Waals surface area contributed by atoms with Gasteiger partial charge in [0, 0.05) is 29.7 Å². The molecule has 0 radical (unpaired) electrons. The zero-order chi connectivity index (χ0) is 21.8. The number of fused-ring (bicyclic) bond motifs is 1. The minimum absolute atomic E-state index is 0.0585. The van der Waals surface area contributed by atoms with Crippen molar-refractivity contribution in [2.45, 2.75) is 45.8 Å². The second-order valence-corrected chi connectivity index (χ2v) is 8.97. The molecule has 2 aliphatic heterocycles. The Balaban J connectivity index is 1.68. The van der Waals surface area contributed by atoms with Crippen LogP contribution in [0.5, 0.6) is 11.5 Å². The van der Waals surface area contributed by atoms with Crippen LogP contribution in [-0.4, -0.2) is 43.3 Å². The Labute approximate surface area is 189 Å². The second kappa shape index (κ2) is 9.92. The molecular weight excluding hydrogens is 414 g/mol. The van der Waals surface area contributed by atoms with Crippen molar-refractivity contribution in [1.82, 2.24) is 4.90 Å². The summed E-state index contributed by atoms with van der Waals surface area (Å²) < 4.78 is 18.2. The molecular formula is C25H30ClNO4. The van der Waals surface area contributed by atoms with Crippen LogP contribution in [0.2, 0.25) is 5.02 Å². The van der Waals surface area contributed by atoms with Crippen LogP contribution in [-0.2, 0) is 16.1 Å². The Bertz CT molecular complexity index is 924. The molecule has 0 unspecified atom stereocenters. The molecule has 0 saturated carbocycles. The monoisotopic (exact) mass is 443 g/mol. The number of halogens is 1. The lowest BCUT2D eigenvalue weighted by Crippen LogP contribution is -2.35. The van der Waals surface area contributed by atoms with Gasteiger partial charge in [-0.15, -0.1) is 0 Å². The lowest BCUT2D eigenvalue weighted by Gasteiger charge is -2.24. The second-order valence-electron chi connectivity index (χ2n) is 8.54. The number of amides is 1. The first-order valence-electron chi connectivity index (χ1n) is 11.1. The van der Waals surface area contributed by atoms with Gasteiger partial charge in [-0.2, -0.15) is 0 Å². The zero-order valence-electron chi connectivity index (χ0n) is 18.2. The fourth-order valence-electron chi connectivity index (χ4n) is 4.10. The Morgan fingerprint density at radius 1 is 1.19 bits per heavy atom. The lowest BCUT2D eigenvalue weighted by atomic mass is 10.0. The van der Waals surface area contributed by atoms with Crippen molar-refractivity contribution in [2.75, 3.05) is 26.4 Å². The van der Waals surface area contributed by atoms with E-state index in [1.165, 1.54) is 0 Å². The maximum Gasteiger partial charge on any atom is 0.225 e. The van der Waals surface area contributed by atoms with Gasteiger partial charge >= 0.3 is 0 Å². The predicted octanol–water partition coefficient (Wildman–Crippen LogP) is 5.33. The summed E-state index contributed by atoms with van der Waals surface area (Å²) in [5, 5.41) is 0.679. The lowest BCUT2D eigenvalue weighted by molar-refractivity contribution is -0.135. The van der Waals surface area contributed by atoms with Gasteiger partial charge in [0.2, 0.25) is 5.91 Å². The van der Waals surface area contributed by atoms with Gasteiger partial charge in [0.25, 0.3) is 0 Å². The SMILES string of the molecule is CC(C)C(=O)N1CCOc2c(cc(-c3cccc(Cl)c3)cc2OC[C@H]2CCCCO2)C1. The Morgan fingerprint density at radius 2 is 2.06 bits per heavy atom. The number of ether oxygens (including phenoxy) is 3. The number of hydrogen-bond donors (Lipinski definition) is 0. The summed E-state index contributed by atoms with van der Waals surface area (Å²) in [6.07, 6.45) is 3.38. The van der Waals surface area contributed by atoms with Crippen LogP contribution in [0.4, 0.5) is 0 Å². The number of carbonyl (C=O) groups is 1. The van der Waals surface area contributed by atoms with Crippen LogP contribution in [0.3, 0.4) is 0 Å². The van der Waals surface area contributed by atoms with Gasteiger partial charge in [0.1, 0.15) is 13.2 Å². The minimum Gasteiger partial charge on any atom is -0.487 e. The van der Waals surface area contributed by atoms with Crippen LogP contribution < -0.4 is 9.47 Å². The maximum absolute atomic E-state index is 12.7. The van der Waals surface area contributed by atoms with Crippen LogP contribution in [0.1, 0.15) is 38.7 Å². The molecule has 5 nitrogen and oxygen atoms in total. The summed E-state index contributed by atoms with van der Waals surface area (Å²) >= 11 is 6.24. The van der Waals surface area contributed by atoms with Crippen molar-refractivity contribution in [3.63, 3.8) is 0 Å². The molecule has 1 fully saturated rings. The third-order valence-electron chi connectivity index (χ3n) is 5.76. The quantitative estimate of drug-likeness (QED) is 0.626. The summed E-state index contributed by atoms with van der Waals surface area (Å²) in [4.78, 5) is 14.5. The van der Waals surface area contributed by atoms with E-state index in [-0.39, 0.29) is 17.9 Å². The summed E-state index contributed by atoms with van der Waals surface area (Å²) in [6, 6.07) is 11.8. The van der Waals surface area contributed by atoms with E-state index in [4.69, 9.17) is 25.8 Å². The van der Waals surface area contributed by atoms with Crippen molar-refractivity contribution < 1.29 is 19.0 Å². The molecule has 4 rings (SSSR count). The first kappa shape index (κ1) is 22.0. The van der Waals surface area contributed by atoms with Gasteiger partial charge in [0.15, 0.2) is 11.5 Å². The fraction of sp³-hybridized carbons (Fsp3) is 0.480. The van der Waals surface area contributed by atoms with Gasteiger partial charge in [-0.05, 0) is 54.7 Å². The van der Waals surface area contributed by atoms with Gasteiger partial charge in [-0.3, -0.25) is 4.79 Å². The number of hydrogen-bond acceptors (Lipinski definition) is 4. The number of benzene rings is 2. The van der Waals surface area contributed by atoms with E-state index in [0.29, 0.717) is 37.1 Å². The van der Waals surface area contributed by atoms with Crippen molar-refractivity contribution in [1.29, 1.82) is 0 Å². The molecule has 0 aliphatic carbocycles. The molecule has 2 aromatic carbocycles. The molecule has 1 saturated heterocycles. The van der Waals surface area contributed by atoms with Crippen molar-refractivity contribution >= 4 is 17.5 Å². The molecule has 31 heavy (non-hydrogen) atoms. The summed E-state index contributed by atoms with van der Waals surface area (Å²) in [5.74, 6) is 1.49. The third kappa shape index (κ3) is 5.34. The molecule has 2 aliphatic rings. The molecule has 1 atom stereocenters. The summed E-state index contributed by atoms with van der Waals surface area (Å²) in [5.41, 5.74) is 2.94. The van der Waals surface area contributed by atoms with Crippen LogP contribution in [0.15, 0.2) is 36.4 Å². The van der Waals surface area contributed by atoms with Gasteiger partial charge < -0.3 is 19.1 Å². The van der Waals surface area contributed by atoms with Crippen LogP contribution in [0.25, 0.3) is 11.1 Å². The van der Waals surface area contributed by atoms with Crippen LogP contribution in [0, 0.1) is 5.92 Å². The van der Waals surface area contributed by atoms with E-state index in [2.05, 4.69) is 6.07 Å². The summed E-state index contributed by atoms with van der Waals surface area (Å²) in [7, 11) is 0. The molecule has 2 heterocycles.